The molecule has 0 N–H and O–H groups in total. The average Bonchev–Trinajstić information content (AvgIpc) is 3.18. The minimum atomic E-state index is -0.236. The lowest BCUT2D eigenvalue weighted by Crippen LogP contribution is -2.44. The van der Waals surface area contributed by atoms with Crippen molar-refractivity contribution in [3.05, 3.63) is 22.8 Å². The quantitative estimate of drug-likeness (QED) is 0.555. The molecule has 132 valence electrons. The van der Waals surface area contributed by atoms with Gasteiger partial charge >= 0.3 is 0 Å². The predicted octanol–water partition coefficient (Wildman–Crippen LogP) is 5.39. The molecule has 0 aromatic rings. The van der Waals surface area contributed by atoms with E-state index in [1.807, 2.05) is 5.57 Å². The van der Waals surface area contributed by atoms with E-state index in [2.05, 4.69) is 19.9 Å². The molecule has 1 heterocycles. The second kappa shape index (κ2) is 5.45. The summed E-state index contributed by atoms with van der Waals surface area (Å²) in [6.45, 7) is 6.43. The van der Waals surface area contributed by atoms with E-state index in [4.69, 9.17) is 9.47 Å². The van der Waals surface area contributed by atoms with Crippen LogP contribution in [-0.4, -0.2) is 19.0 Å². The zero-order valence-electron chi connectivity index (χ0n) is 15.4. The average molecular weight is 328 g/mol. The Kier molecular flexibility index (Phi) is 3.55. The molecule has 0 aromatic carbocycles. The van der Waals surface area contributed by atoms with Crippen LogP contribution in [-0.2, 0) is 9.47 Å². The molecule has 0 amide bonds. The van der Waals surface area contributed by atoms with E-state index in [1.165, 1.54) is 44.9 Å². The fraction of sp³-hybridized carbons (Fsp3) is 0.818. The van der Waals surface area contributed by atoms with Crippen molar-refractivity contribution in [1.82, 2.24) is 0 Å². The summed E-state index contributed by atoms with van der Waals surface area (Å²) in [5, 5.41) is 0. The van der Waals surface area contributed by atoms with Gasteiger partial charge in [-0.3, -0.25) is 0 Å². The molecule has 24 heavy (non-hydrogen) atoms. The number of fused-ring (bicyclic) bond motifs is 4. The minimum absolute atomic E-state index is 0.236. The second-order valence-corrected chi connectivity index (χ2v) is 9.14. The van der Waals surface area contributed by atoms with E-state index in [1.54, 1.807) is 11.1 Å². The van der Waals surface area contributed by atoms with Crippen LogP contribution < -0.4 is 0 Å². The normalized spacial score (nSPS) is 45.4. The molecule has 2 nitrogen and oxygen atoms in total. The molecule has 0 bridgehead atoms. The Morgan fingerprint density at radius 3 is 2.62 bits per heavy atom. The third-order valence-corrected chi connectivity index (χ3v) is 8.39. The van der Waals surface area contributed by atoms with Crippen LogP contribution in [0, 0.1) is 23.2 Å². The Morgan fingerprint density at radius 2 is 1.83 bits per heavy atom. The molecule has 0 aromatic heterocycles. The van der Waals surface area contributed by atoms with Gasteiger partial charge in [-0.1, -0.05) is 29.7 Å². The van der Waals surface area contributed by atoms with Gasteiger partial charge in [0.05, 0.1) is 13.2 Å². The highest BCUT2D eigenvalue weighted by Gasteiger charge is 2.54. The monoisotopic (exact) mass is 328 g/mol. The van der Waals surface area contributed by atoms with Crippen molar-refractivity contribution >= 4 is 0 Å². The van der Waals surface area contributed by atoms with Gasteiger partial charge in [0.1, 0.15) is 0 Å². The summed E-state index contributed by atoms with van der Waals surface area (Å²) in [6, 6.07) is 0. The first-order chi connectivity index (χ1) is 11.7. The number of hydrogen-bond acceptors (Lipinski definition) is 2. The second-order valence-electron chi connectivity index (χ2n) is 9.14. The maximum absolute atomic E-state index is 6.02. The Morgan fingerprint density at radius 1 is 1.00 bits per heavy atom. The Labute approximate surface area is 146 Å². The highest BCUT2D eigenvalue weighted by molar-refractivity contribution is 5.31. The van der Waals surface area contributed by atoms with Gasteiger partial charge in [-0.2, -0.15) is 0 Å². The zero-order valence-corrected chi connectivity index (χ0v) is 15.4. The highest BCUT2D eigenvalue weighted by atomic mass is 16.7. The first-order valence-corrected chi connectivity index (χ1v) is 10.3. The van der Waals surface area contributed by atoms with Crippen molar-refractivity contribution in [3.63, 3.8) is 0 Å². The van der Waals surface area contributed by atoms with E-state index in [9.17, 15) is 0 Å². The first-order valence-electron chi connectivity index (χ1n) is 10.3. The Hall–Kier alpha value is -0.600. The molecule has 3 fully saturated rings. The molecule has 2 heteroatoms. The lowest BCUT2D eigenvalue weighted by molar-refractivity contribution is -0.165. The van der Waals surface area contributed by atoms with Gasteiger partial charge in [0, 0.05) is 12.8 Å². The summed E-state index contributed by atoms with van der Waals surface area (Å²) in [7, 11) is 0. The maximum Gasteiger partial charge on any atom is 0.172 e. The summed E-state index contributed by atoms with van der Waals surface area (Å²) >= 11 is 0. The van der Waals surface area contributed by atoms with Crippen LogP contribution in [0.4, 0.5) is 0 Å². The molecule has 2 saturated carbocycles. The third kappa shape index (κ3) is 2.08. The number of hydrogen-bond donors (Lipinski definition) is 0. The van der Waals surface area contributed by atoms with Crippen LogP contribution in [0.25, 0.3) is 0 Å². The van der Waals surface area contributed by atoms with E-state index < -0.39 is 0 Å². The fourth-order valence-corrected chi connectivity index (χ4v) is 7.25. The molecular formula is C22H32O2. The van der Waals surface area contributed by atoms with Gasteiger partial charge in [0.2, 0.25) is 0 Å². The summed E-state index contributed by atoms with van der Waals surface area (Å²) in [5.74, 6) is 2.52. The van der Waals surface area contributed by atoms with Gasteiger partial charge in [-0.25, -0.2) is 0 Å². The standard InChI is InChI=1S/C22H32O2/c1-3-16-5-7-20-19-6-4-15-14-22(23-12-13-24-22)11-9-17(15)18(19)8-10-21(16,20)2/h3,18-20H,4-14H2,1-2H3/t18?,19?,20?,21-/m0/s1. The van der Waals surface area contributed by atoms with Crippen LogP contribution in [0.5, 0.6) is 0 Å². The largest absolute Gasteiger partial charge is 0.347 e. The minimum Gasteiger partial charge on any atom is -0.347 e. The molecule has 1 spiro atoms. The summed E-state index contributed by atoms with van der Waals surface area (Å²) < 4.78 is 12.0. The molecule has 0 radical (unpaired) electrons. The third-order valence-electron chi connectivity index (χ3n) is 8.39. The van der Waals surface area contributed by atoms with Crippen LogP contribution in [0.1, 0.15) is 71.6 Å². The van der Waals surface area contributed by atoms with Crippen LogP contribution >= 0.6 is 0 Å². The van der Waals surface area contributed by atoms with Crippen molar-refractivity contribution in [2.24, 2.45) is 23.2 Å². The molecule has 1 aliphatic heterocycles. The molecule has 5 rings (SSSR count). The highest BCUT2D eigenvalue weighted by Crippen LogP contribution is 2.63. The van der Waals surface area contributed by atoms with Crippen LogP contribution in [0.15, 0.2) is 22.8 Å². The number of rotatable bonds is 0. The first kappa shape index (κ1) is 15.6. The van der Waals surface area contributed by atoms with Crippen molar-refractivity contribution in [2.45, 2.75) is 77.4 Å². The summed E-state index contributed by atoms with van der Waals surface area (Å²) in [4.78, 5) is 0. The van der Waals surface area contributed by atoms with Gasteiger partial charge in [-0.05, 0) is 75.0 Å². The van der Waals surface area contributed by atoms with E-state index >= 15 is 0 Å². The Balaban J connectivity index is 1.43. The maximum atomic E-state index is 6.02. The number of allylic oxidation sites excluding steroid dienone is 3. The SMILES string of the molecule is CC=C1CCC2C3CCC4=C(CCC5(C4)OCCO5)C3CC[C@@]12C. The predicted molar refractivity (Wildman–Crippen MR) is 95.5 cm³/mol. The smallest absolute Gasteiger partial charge is 0.172 e. The summed E-state index contributed by atoms with van der Waals surface area (Å²) in [6.07, 6.45) is 14.2. The van der Waals surface area contributed by atoms with Crippen LogP contribution in [0.3, 0.4) is 0 Å². The Bertz CT molecular complexity index is 595. The van der Waals surface area contributed by atoms with Gasteiger partial charge in [0.15, 0.2) is 5.79 Å². The lowest BCUT2D eigenvalue weighted by atomic mass is 9.54. The van der Waals surface area contributed by atoms with Crippen molar-refractivity contribution in [1.29, 1.82) is 0 Å². The molecule has 5 aliphatic rings. The van der Waals surface area contributed by atoms with Gasteiger partial charge < -0.3 is 9.47 Å². The fourth-order valence-electron chi connectivity index (χ4n) is 7.25. The van der Waals surface area contributed by atoms with E-state index in [0.29, 0.717) is 5.41 Å². The van der Waals surface area contributed by atoms with Crippen LogP contribution in [0.2, 0.25) is 0 Å². The van der Waals surface area contributed by atoms with Crippen molar-refractivity contribution in [3.8, 4) is 0 Å². The molecule has 4 atom stereocenters. The van der Waals surface area contributed by atoms with Crippen molar-refractivity contribution < 1.29 is 9.47 Å². The zero-order chi connectivity index (χ0) is 16.4. The lowest BCUT2D eigenvalue weighted by Gasteiger charge is -2.52. The molecular weight excluding hydrogens is 296 g/mol. The topological polar surface area (TPSA) is 18.5 Å². The van der Waals surface area contributed by atoms with Gasteiger partial charge in [0.25, 0.3) is 0 Å². The van der Waals surface area contributed by atoms with Crippen molar-refractivity contribution in [2.75, 3.05) is 13.2 Å². The number of ether oxygens (including phenoxy) is 2. The molecule has 1 saturated heterocycles. The van der Waals surface area contributed by atoms with E-state index in [0.717, 1.165) is 43.8 Å². The summed E-state index contributed by atoms with van der Waals surface area (Å²) in [5.41, 5.74) is 5.84. The molecule has 3 unspecified atom stereocenters. The molecule has 4 aliphatic carbocycles. The van der Waals surface area contributed by atoms with Gasteiger partial charge in [-0.15, -0.1) is 0 Å². The van der Waals surface area contributed by atoms with E-state index in [-0.39, 0.29) is 5.79 Å².